The number of hydrogen-bond acceptors (Lipinski definition) is 14. The number of methoxy groups -OCH3 is 2. The van der Waals surface area contributed by atoms with E-state index < -0.39 is 73.5 Å². The molecule has 57 heavy (non-hydrogen) atoms. The molecule has 14 nitrogen and oxygen atoms in total. The summed E-state index contributed by atoms with van der Waals surface area (Å²) >= 11 is 0. The van der Waals surface area contributed by atoms with Crippen LogP contribution in [0.1, 0.15) is 71.3 Å². The molecule has 312 valence electrons. The predicted molar refractivity (Wildman–Crippen MR) is 204 cm³/mol. The highest BCUT2D eigenvalue weighted by Gasteiger charge is 2.39. The SMILES string of the molecule is C=C(C)C(=O)OCCCc1cc(-c2ccc(OCCCCCCCC)c(F)c2)ccc1OCC(COC(=O)C(=C)C)(COC(=O)C(=O)OC)COC(=O)C(=O)OC. The molecule has 0 amide bonds. The number of halogens is 1. The van der Waals surface area contributed by atoms with E-state index in [0.29, 0.717) is 29.7 Å². The molecule has 2 rings (SSSR count). The monoisotopic (exact) mass is 800 g/mol. The highest BCUT2D eigenvalue weighted by molar-refractivity contribution is 6.30. The molecule has 0 spiro atoms. The number of esters is 6. The van der Waals surface area contributed by atoms with E-state index in [2.05, 4.69) is 29.6 Å². The molecule has 0 aromatic heterocycles. The van der Waals surface area contributed by atoms with Gasteiger partial charge < -0.3 is 37.9 Å². The van der Waals surface area contributed by atoms with Crippen LogP contribution in [0.25, 0.3) is 11.1 Å². The molecule has 0 unspecified atom stereocenters. The summed E-state index contributed by atoms with van der Waals surface area (Å²) in [7, 11) is 1.93. The fraction of sp³-hybridized carbons (Fsp3) is 0.476. The van der Waals surface area contributed by atoms with Crippen LogP contribution in [0.15, 0.2) is 60.7 Å². The molecule has 0 radical (unpaired) electrons. The maximum absolute atomic E-state index is 15.2. The first kappa shape index (κ1) is 47.4. The Bertz CT molecular complexity index is 1700. The molecule has 2 aromatic carbocycles. The summed E-state index contributed by atoms with van der Waals surface area (Å²) in [4.78, 5) is 72.8. The first-order valence-corrected chi connectivity index (χ1v) is 18.5. The summed E-state index contributed by atoms with van der Waals surface area (Å²) in [6.45, 7) is 10.0. The van der Waals surface area contributed by atoms with Crippen LogP contribution in [0.3, 0.4) is 0 Å². The quantitative estimate of drug-likeness (QED) is 0.0386. The Hall–Kier alpha value is -5.73. The van der Waals surface area contributed by atoms with Crippen LogP contribution >= 0.6 is 0 Å². The lowest BCUT2D eigenvalue weighted by atomic mass is 9.91. The Morgan fingerprint density at radius 1 is 0.579 bits per heavy atom. The van der Waals surface area contributed by atoms with Crippen molar-refractivity contribution < 1.29 is 71.1 Å². The topological polar surface area (TPSA) is 176 Å². The van der Waals surface area contributed by atoms with Gasteiger partial charge in [-0.05, 0) is 74.1 Å². The highest BCUT2D eigenvalue weighted by atomic mass is 19.1. The summed E-state index contributed by atoms with van der Waals surface area (Å²) in [5.74, 6) is -7.06. The fourth-order valence-corrected chi connectivity index (χ4v) is 5.05. The molecule has 0 aliphatic heterocycles. The van der Waals surface area contributed by atoms with Crippen molar-refractivity contribution in [2.75, 3.05) is 53.9 Å². The van der Waals surface area contributed by atoms with Gasteiger partial charge in [-0.25, -0.2) is 33.2 Å². The van der Waals surface area contributed by atoms with E-state index in [1.165, 1.54) is 26.3 Å². The van der Waals surface area contributed by atoms with Gasteiger partial charge in [-0.3, -0.25) is 0 Å². The van der Waals surface area contributed by atoms with Crippen molar-refractivity contribution in [3.8, 4) is 22.6 Å². The van der Waals surface area contributed by atoms with Crippen LogP contribution in [0.5, 0.6) is 11.5 Å². The van der Waals surface area contributed by atoms with E-state index in [0.717, 1.165) is 46.3 Å². The smallest absolute Gasteiger partial charge is 0.417 e. The molecule has 0 fully saturated rings. The zero-order valence-corrected chi connectivity index (χ0v) is 33.4. The average molecular weight is 801 g/mol. The van der Waals surface area contributed by atoms with Crippen LogP contribution in [-0.4, -0.2) is 89.7 Å². The van der Waals surface area contributed by atoms with Crippen molar-refractivity contribution in [1.82, 2.24) is 0 Å². The van der Waals surface area contributed by atoms with Crippen LogP contribution in [0, 0.1) is 11.2 Å². The number of hydrogen-bond donors (Lipinski definition) is 0. The van der Waals surface area contributed by atoms with E-state index in [9.17, 15) is 28.8 Å². The zero-order valence-electron chi connectivity index (χ0n) is 33.4. The first-order valence-electron chi connectivity index (χ1n) is 18.5. The normalized spacial score (nSPS) is 10.8. The molecule has 0 aliphatic rings. The molecular weight excluding hydrogens is 747 g/mol. The van der Waals surface area contributed by atoms with Crippen LogP contribution < -0.4 is 9.47 Å². The van der Waals surface area contributed by atoms with E-state index in [1.807, 2.05) is 0 Å². The molecule has 15 heteroatoms. The van der Waals surface area contributed by atoms with E-state index in [4.69, 9.17) is 28.4 Å². The standard InChI is InChI=1S/C42H53FO14/c1-8-9-10-11-12-13-20-52-35-19-17-31(23-33(35)43)30-16-18-34(32(22-30)15-14-21-53-36(44)28(2)3)54-24-42(25-55-37(45)29(4)5,26-56-40(48)38(46)50-6)27-57-41(49)39(47)51-7/h16-19,22-23H,2,4,8-15,20-21,24-27H2,1,3,5-7H3. The second kappa shape index (κ2) is 24.7. The van der Waals surface area contributed by atoms with Gasteiger partial charge in [-0.15, -0.1) is 0 Å². The molecular formula is C42H53FO14. The molecule has 0 aliphatic carbocycles. The second-order valence-electron chi connectivity index (χ2n) is 13.4. The number of unbranched alkanes of at least 4 members (excludes halogenated alkanes) is 5. The van der Waals surface area contributed by atoms with Gasteiger partial charge in [0.1, 0.15) is 37.6 Å². The minimum absolute atomic E-state index is 0.0157. The molecule has 0 heterocycles. The Kier molecular flexibility index (Phi) is 20.6. The molecule has 2 aromatic rings. The van der Waals surface area contributed by atoms with E-state index in [-0.39, 0.29) is 35.7 Å². The lowest BCUT2D eigenvalue weighted by Crippen LogP contribution is -2.45. The summed E-state index contributed by atoms with van der Waals surface area (Å²) < 4.78 is 56.9. The summed E-state index contributed by atoms with van der Waals surface area (Å²) in [5, 5.41) is 0. The summed E-state index contributed by atoms with van der Waals surface area (Å²) in [5.41, 5.74) is 0.229. The minimum atomic E-state index is -1.72. The Morgan fingerprint density at radius 2 is 1.09 bits per heavy atom. The number of aryl methyl sites for hydroxylation is 1. The van der Waals surface area contributed by atoms with Crippen molar-refractivity contribution in [2.45, 2.75) is 72.1 Å². The maximum Gasteiger partial charge on any atom is 0.417 e. The molecule has 0 saturated heterocycles. The minimum Gasteiger partial charge on any atom is -0.492 e. The molecule has 0 bridgehead atoms. The molecule has 0 atom stereocenters. The van der Waals surface area contributed by atoms with Crippen LogP contribution in [0.4, 0.5) is 4.39 Å². The van der Waals surface area contributed by atoms with Gasteiger partial charge in [0.15, 0.2) is 11.6 Å². The van der Waals surface area contributed by atoms with Crippen molar-refractivity contribution in [3.05, 3.63) is 72.1 Å². The molecule has 0 saturated carbocycles. The third kappa shape index (κ3) is 16.5. The van der Waals surface area contributed by atoms with Crippen molar-refractivity contribution in [1.29, 1.82) is 0 Å². The van der Waals surface area contributed by atoms with Crippen molar-refractivity contribution in [3.63, 3.8) is 0 Å². The Morgan fingerprint density at radius 3 is 1.63 bits per heavy atom. The maximum atomic E-state index is 15.2. The number of carbonyl (C=O) groups is 6. The number of carbonyl (C=O) groups excluding carboxylic acids is 6. The van der Waals surface area contributed by atoms with E-state index in [1.54, 1.807) is 30.3 Å². The fourth-order valence-electron chi connectivity index (χ4n) is 5.05. The van der Waals surface area contributed by atoms with Crippen molar-refractivity contribution >= 4 is 35.8 Å². The average Bonchev–Trinajstić information content (AvgIpc) is 3.20. The first-order chi connectivity index (χ1) is 27.2. The Balaban J connectivity index is 2.47. The third-order valence-electron chi connectivity index (χ3n) is 8.37. The molecule has 0 N–H and O–H groups in total. The van der Waals surface area contributed by atoms with Crippen molar-refractivity contribution in [2.24, 2.45) is 5.41 Å². The summed E-state index contributed by atoms with van der Waals surface area (Å²) in [6.07, 6.45) is 7.03. The number of ether oxygens (including phenoxy) is 8. The van der Waals surface area contributed by atoms with Crippen LogP contribution in [-0.2, 0) is 63.6 Å². The second-order valence-corrected chi connectivity index (χ2v) is 13.4. The predicted octanol–water partition coefficient (Wildman–Crippen LogP) is 6.20. The van der Waals surface area contributed by atoms with Crippen LogP contribution in [0.2, 0.25) is 0 Å². The van der Waals surface area contributed by atoms with Gasteiger partial charge in [0.25, 0.3) is 0 Å². The van der Waals surface area contributed by atoms with Gasteiger partial charge in [0.05, 0.1) is 27.4 Å². The number of benzene rings is 2. The van der Waals surface area contributed by atoms with Gasteiger partial charge in [-0.2, -0.15) is 0 Å². The largest absolute Gasteiger partial charge is 0.492 e. The van der Waals surface area contributed by atoms with Gasteiger partial charge >= 0.3 is 35.8 Å². The van der Waals surface area contributed by atoms with E-state index >= 15 is 4.39 Å². The highest BCUT2D eigenvalue weighted by Crippen LogP contribution is 2.32. The lowest BCUT2D eigenvalue weighted by molar-refractivity contribution is -0.177. The van der Waals surface area contributed by atoms with Gasteiger partial charge in [0.2, 0.25) is 0 Å². The lowest BCUT2D eigenvalue weighted by Gasteiger charge is -2.32. The zero-order chi connectivity index (χ0) is 42.4. The summed E-state index contributed by atoms with van der Waals surface area (Å²) in [6, 6.07) is 9.66. The van der Waals surface area contributed by atoms with Gasteiger partial charge in [-0.1, -0.05) is 64.3 Å². The van der Waals surface area contributed by atoms with Gasteiger partial charge in [0, 0.05) is 11.1 Å². The Labute approximate surface area is 332 Å². The third-order valence-corrected chi connectivity index (χ3v) is 8.37. The number of rotatable bonds is 24.